The molecule has 0 radical (unpaired) electrons. The fourth-order valence-corrected chi connectivity index (χ4v) is 4.42. The van der Waals surface area contributed by atoms with Gasteiger partial charge in [-0.1, -0.05) is 35.1 Å². The Morgan fingerprint density at radius 2 is 2.09 bits per heavy atom. The number of H-pyrrole nitrogens is 1. The maximum absolute atomic E-state index is 13.0. The first kappa shape index (κ1) is 23.4. The molecule has 2 amide bonds. The summed E-state index contributed by atoms with van der Waals surface area (Å²) in [6, 6.07) is 7.04. The van der Waals surface area contributed by atoms with E-state index in [0.717, 1.165) is 27.1 Å². The van der Waals surface area contributed by atoms with Crippen LogP contribution in [0.4, 0.5) is 0 Å². The van der Waals surface area contributed by atoms with E-state index < -0.39 is 17.2 Å². The number of hydrogen-bond acceptors (Lipinski definition) is 7. The zero-order valence-electron chi connectivity index (χ0n) is 18.0. The number of carbonyl (C=O) groups excluding carboxylic acids is 2. The Kier molecular flexibility index (Phi) is 6.89. The number of halogens is 1. The van der Waals surface area contributed by atoms with Crippen molar-refractivity contribution in [1.29, 1.82) is 0 Å². The molecule has 3 heterocycles. The van der Waals surface area contributed by atoms with Gasteiger partial charge in [-0.3, -0.25) is 23.8 Å². The normalized spacial score (nSPS) is 11.0. The fourth-order valence-electron chi connectivity index (χ4n) is 3.27. The Bertz CT molecular complexity index is 1440. The lowest BCUT2D eigenvalue weighted by Crippen LogP contribution is -2.42. The van der Waals surface area contributed by atoms with E-state index >= 15 is 0 Å². The van der Waals surface area contributed by atoms with Crippen molar-refractivity contribution >= 4 is 39.7 Å². The number of rotatable bonds is 8. The highest BCUT2D eigenvalue weighted by molar-refractivity contribution is 7.18. The van der Waals surface area contributed by atoms with Crippen LogP contribution in [-0.4, -0.2) is 54.0 Å². The molecule has 0 saturated carbocycles. The molecule has 1 aromatic carbocycles. The van der Waals surface area contributed by atoms with Gasteiger partial charge < -0.3 is 10.2 Å². The van der Waals surface area contributed by atoms with Crippen molar-refractivity contribution in [3.05, 3.63) is 84.9 Å². The summed E-state index contributed by atoms with van der Waals surface area (Å²) in [5.74, 6) is -0.692. The molecule has 0 aliphatic carbocycles. The van der Waals surface area contributed by atoms with Crippen LogP contribution in [-0.2, 0) is 17.9 Å². The maximum atomic E-state index is 13.0. The van der Waals surface area contributed by atoms with Gasteiger partial charge in [0.2, 0.25) is 5.91 Å². The number of aryl methyl sites for hydroxylation is 1. The summed E-state index contributed by atoms with van der Waals surface area (Å²) in [5, 5.41) is 7.04. The van der Waals surface area contributed by atoms with Gasteiger partial charge in [0, 0.05) is 37.1 Å². The minimum atomic E-state index is -0.783. The quantitative estimate of drug-likeness (QED) is 0.371. The highest BCUT2D eigenvalue weighted by Gasteiger charge is 2.18. The third-order valence-corrected chi connectivity index (χ3v) is 6.08. The van der Waals surface area contributed by atoms with Crippen molar-refractivity contribution in [2.24, 2.45) is 0 Å². The Balaban J connectivity index is 1.44. The van der Waals surface area contributed by atoms with Crippen LogP contribution in [0.25, 0.3) is 4.96 Å². The first-order chi connectivity index (χ1) is 16.3. The summed E-state index contributed by atoms with van der Waals surface area (Å²) in [7, 11) is 0. The number of thiazole rings is 1. The second kappa shape index (κ2) is 10.0. The number of imidazole rings is 1. The van der Waals surface area contributed by atoms with E-state index in [2.05, 4.69) is 20.4 Å². The zero-order chi connectivity index (χ0) is 24.2. The van der Waals surface area contributed by atoms with E-state index in [0.29, 0.717) is 9.90 Å². The highest BCUT2D eigenvalue weighted by atomic mass is 35.5. The number of benzene rings is 1. The Morgan fingerprint density at radius 3 is 2.82 bits per heavy atom. The molecule has 34 heavy (non-hydrogen) atoms. The van der Waals surface area contributed by atoms with E-state index in [4.69, 9.17) is 11.6 Å². The van der Waals surface area contributed by atoms with Gasteiger partial charge in [-0.2, -0.15) is 5.10 Å². The highest BCUT2D eigenvalue weighted by Crippen LogP contribution is 2.17. The number of aromatic nitrogens is 5. The maximum Gasteiger partial charge on any atom is 0.345 e. The molecule has 0 atom stereocenters. The molecule has 0 aliphatic heterocycles. The van der Waals surface area contributed by atoms with Crippen LogP contribution >= 0.6 is 22.9 Å². The molecule has 4 aromatic rings. The van der Waals surface area contributed by atoms with Crippen molar-refractivity contribution in [2.45, 2.75) is 20.0 Å². The molecule has 4 rings (SSSR count). The number of carbonyl (C=O) groups is 2. The molecule has 13 heteroatoms. The average molecular weight is 502 g/mol. The monoisotopic (exact) mass is 501 g/mol. The smallest absolute Gasteiger partial charge is 0.345 e. The Hall–Kier alpha value is -3.77. The molecular weight excluding hydrogens is 482 g/mol. The number of hydrogen-bond donors (Lipinski definition) is 2. The van der Waals surface area contributed by atoms with Gasteiger partial charge >= 0.3 is 5.69 Å². The number of amides is 2. The summed E-state index contributed by atoms with van der Waals surface area (Å²) in [6.07, 6.45) is 4.47. The number of nitrogens with one attached hydrogen (secondary N) is 2. The SMILES string of the molecule is Cc1cn2cc(C(=O)NCCN(Cc3cccc(Cl)c3)C(=O)Cn3ncc(=O)[nH]c3=O)sc2n1. The number of nitrogens with zero attached hydrogens (tertiary/aromatic N) is 5. The van der Waals surface area contributed by atoms with Crippen molar-refractivity contribution in [3.8, 4) is 0 Å². The van der Waals surface area contributed by atoms with E-state index in [9.17, 15) is 19.2 Å². The van der Waals surface area contributed by atoms with Crippen molar-refractivity contribution in [1.82, 2.24) is 34.4 Å². The molecular formula is C21H20ClN7O4S. The Morgan fingerprint density at radius 1 is 1.26 bits per heavy atom. The van der Waals surface area contributed by atoms with Crippen LogP contribution in [0, 0.1) is 6.92 Å². The van der Waals surface area contributed by atoms with E-state index in [1.165, 1.54) is 16.2 Å². The second-order valence-corrected chi connectivity index (χ2v) is 8.91. The van der Waals surface area contributed by atoms with Crippen LogP contribution in [0.3, 0.4) is 0 Å². The first-order valence-electron chi connectivity index (χ1n) is 10.2. The van der Waals surface area contributed by atoms with Gasteiger partial charge in [-0.05, 0) is 24.6 Å². The van der Waals surface area contributed by atoms with Crippen LogP contribution in [0.1, 0.15) is 20.9 Å². The molecule has 0 spiro atoms. The second-order valence-electron chi connectivity index (χ2n) is 7.47. The van der Waals surface area contributed by atoms with Gasteiger partial charge in [0.05, 0.1) is 5.69 Å². The molecule has 0 fully saturated rings. The van der Waals surface area contributed by atoms with Gasteiger partial charge in [0.1, 0.15) is 17.6 Å². The molecule has 176 valence electrons. The van der Waals surface area contributed by atoms with Crippen LogP contribution in [0.2, 0.25) is 5.02 Å². The lowest BCUT2D eigenvalue weighted by molar-refractivity contribution is -0.132. The van der Waals surface area contributed by atoms with Crippen LogP contribution < -0.4 is 16.6 Å². The third-order valence-electron chi connectivity index (χ3n) is 4.85. The van der Waals surface area contributed by atoms with E-state index in [-0.39, 0.29) is 32.1 Å². The minimum Gasteiger partial charge on any atom is -0.350 e. The molecule has 3 aromatic heterocycles. The standard InChI is InChI=1S/C21H20ClN7O4S/c1-13-9-28-11-16(34-21(28)25-13)19(32)23-5-6-27(10-14-3-2-4-15(22)7-14)18(31)12-29-20(33)26-17(30)8-24-29/h2-4,7-9,11H,5-6,10,12H2,1H3,(H,23,32)(H,26,30,33). The van der Waals surface area contributed by atoms with Gasteiger partial charge in [-0.15, -0.1) is 0 Å². The van der Waals surface area contributed by atoms with Crippen LogP contribution in [0.5, 0.6) is 0 Å². The first-order valence-corrected chi connectivity index (χ1v) is 11.4. The van der Waals surface area contributed by atoms with E-state index in [1.807, 2.05) is 19.2 Å². The van der Waals surface area contributed by atoms with Crippen molar-refractivity contribution in [3.63, 3.8) is 0 Å². The summed E-state index contributed by atoms with van der Waals surface area (Å²) < 4.78 is 2.66. The predicted octanol–water partition coefficient (Wildman–Crippen LogP) is 1.06. The Labute approximate surface area is 201 Å². The lowest BCUT2D eigenvalue weighted by atomic mass is 10.2. The summed E-state index contributed by atoms with van der Waals surface area (Å²) in [4.78, 5) is 57.8. The lowest BCUT2D eigenvalue weighted by Gasteiger charge is -2.23. The number of aromatic amines is 1. The van der Waals surface area contributed by atoms with Gasteiger partial charge in [0.15, 0.2) is 4.96 Å². The van der Waals surface area contributed by atoms with Crippen molar-refractivity contribution in [2.75, 3.05) is 13.1 Å². The van der Waals surface area contributed by atoms with Gasteiger partial charge in [-0.25, -0.2) is 14.5 Å². The zero-order valence-corrected chi connectivity index (χ0v) is 19.6. The molecule has 0 saturated heterocycles. The van der Waals surface area contributed by atoms with E-state index in [1.54, 1.807) is 28.8 Å². The topological polar surface area (TPSA) is 134 Å². The summed E-state index contributed by atoms with van der Waals surface area (Å²) in [6.45, 7) is 2.07. The summed E-state index contributed by atoms with van der Waals surface area (Å²) >= 11 is 7.33. The minimum absolute atomic E-state index is 0.177. The molecule has 0 bridgehead atoms. The van der Waals surface area contributed by atoms with Crippen LogP contribution in [0.15, 0.2) is 52.4 Å². The predicted molar refractivity (Wildman–Crippen MR) is 126 cm³/mol. The molecule has 11 nitrogen and oxygen atoms in total. The van der Waals surface area contributed by atoms with Crippen molar-refractivity contribution < 1.29 is 9.59 Å². The fraction of sp³-hybridized carbons (Fsp3) is 0.238. The molecule has 2 N–H and O–H groups in total. The largest absolute Gasteiger partial charge is 0.350 e. The van der Waals surface area contributed by atoms with Gasteiger partial charge in [0.25, 0.3) is 11.5 Å². The molecule has 0 aliphatic rings. The average Bonchev–Trinajstić information content (AvgIpc) is 3.32. The molecule has 0 unspecified atom stereocenters. The third kappa shape index (κ3) is 5.58. The summed E-state index contributed by atoms with van der Waals surface area (Å²) in [5.41, 5.74) is 0.214. The number of fused-ring (bicyclic) bond motifs is 1.